The fourth-order valence-corrected chi connectivity index (χ4v) is 5.81. The highest BCUT2D eigenvalue weighted by molar-refractivity contribution is 7.86. The molecular formula is C36H42O6S. The topological polar surface area (TPSA) is 71.1 Å². The van der Waals surface area contributed by atoms with E-state index in [0.717, 1.165) is 41.5 Å². The highest BCUT2D eigenvalue weighted by atomic mass is 32.2. The molecule has 4 rings (SSSR count). The van der Waals surface area contributed by atoms with Gasteiger partial charge < -0.3 is 14.2 Å². The Balaban J connectivity index is 1.13. The molecule has 0 aliphatic carbocycles. The van der Waals surface area contributed by atoms with Gasteiger partial charge in [0.25, 0.3) is 10.1 Å². The molecule has 0 radical (unpaired) electrons. The van der Waals surface area contributed by atoms with E-state index in [1.807, 2.05) is 25.1 Å². The van der Waals surface area contributed by atoms with Crippen LogP contribution in [0.5, 0.6) is 0 Å². The van der Waals surface area contributed by atoms with Crippen molar-refractivity contribution in [3.63, 3.8) is 0 Å². The van der Waals surface area contributed by atoms with Crippen molar-refractivity contribution in [1.29, 1.82) is 0 Å². The largest absolute Gasteiger partial charge is 0.381 e. The van der Waals surface area contributed by atoms with Crippen LogP contribution in [0, 0.1) is 6.92 Å². The Bertz CT molecular complexity index is 1330. The average Bonchev–Trinajstić information content (AvgIpc) is 3.04. The van der Waals surface area contributed by atoms with E-state index in [4.69, 9.17) is 18.4 Å². The van der Waals surface area contributed by atoms with Crippen LogP contribution in [0.3, 0.4) is 0 Å². The summed E-state index contributed by atoms with van der Waals surface area (Å²) in [7, 11) is -3.71. The summed E-state index contributed by atoms with van der Waals surface area (Å²) in [5.74, 6) is 0. The van der Waals surface area contributed by atoms with Crippen molar-refractivity contribution in [2.45, 2.75) is 43.1 Å². The van der Waals surface area contributed by atoms with Gasteiger partial charge in [0.15, 0.2) is 0 Å². The molecule has 0 atom stereocenters. The van der Waals surface area contributed by atoms with E-state index >= 15 is 0 Å². The first-order valence-corrected chi connectivity index (χ1v) is 16.4. The fourth-order valence-electron chi connectivity index (χ4n) is 4.87. The van der Waals surface area contributed by atoms with Crippen LogP contribution < -0.4 is 0 Å². The normalized spacial score (nSPS) is 11.9. The van der Waals surface area contributed by atoms with Gasteiger partial charge in [0, 0.05) is 26.4 Å². The minimum absolute atomic E-state index is 0.144. The molecule has 0 aliphatic rings. The second-order valence-electron chi connectivity index (χ2n) is 10.4. The van der Waals surface area contributed by atoms with Gasteiger partial charge in [-0.05, 0) is 61.4 Å². The molecule has 43 heavy (non-hydrogen) atoms. The maximum Gasteiger partial charge on any atom is 0.296 e. The molecule has 0 saturated carbocycles. The summed E-state index contributed by atoms with van der Waals surface area (Å²) in [6.07, 6.45) is 2.90. The van der Waals surface area contributed by atoms with Crippen molar-refractivity contribution in [3.05, 3.63) is 138 Å². The standard InChI is InChI=1S/C36H42O6S/c1-31-21-23-35(24-22-31)43(37,38)42-30-12-11-25-39-26-13-27-40-28-14-29-41-36(32-15-5-2-6-16-32,33-17-7-3-8-18-33)34-19-9-4-10-20-34/h2-10,15-24H,11-14,25-30H2,1H3. The van der Waals surface area contributed by atoms with Crippen molar-refractivity contribution in [1.82, 2.24) is 0 Å². The lowest BCUT2D eigenvalue weighted by Gasteiger charge is -2.36. The predicted molar refractivity (Wildman–Crippen MR) is 170 cm³/mol. The van der Waals surface area contributed by atoms with Crippen molar-refractivity contribution in [3.8, 4) is 0 Å². The Morgan fingerprint density at radius 2 is 0.930 bits per heavy atom. The van der Waals surface area contributed by atoms with Crippen LogP contribution in [0.25, 0.3) is 0 Å². The molecule has 4 aromatic carbocycles. The van der Waals surface area contributed by atoms with Crippen LogP contribution in [-0.4, -0.2) is 48.1 Å². The third kappa shape index (κ3) is 9.58. The maximum absolute atomic E-state index is 12.2. The van der Waals surface area contributed by atoms with Crippen molar-refractivity contribution < 1.29 is 26.8 Å². The average molecular weight is 603 g/mol. The van der Waals surface area contributed by atoms with Gasteiger partial charge in [0.05, 0.1) is 18.1 Å². The van der Waals surface area contributed by atoms with Crippen LogP contribution in [0.1, 0.15) is 47.9 Å². The second-order valence-corrected chi connectivity index (χ2v) is 12.0. The van der Waals surface area contributed by atoms with E-state index in [0.29, 0.717) is 39.5 Å². The molecule has 0 spiro atoms. The van der Waals surface area contributed by atoms with Crippen LogP contribution >= 0.6 is 0 Å². The van der Waals surface area contributed by atoms with Crippen LogP contribution in [-0.2, 0) is 34.1 Å². The highest BCUT2D eigenvalue weighted by Gasteiger charge is 2.37. The number of aryl methyl sites for hydroxylation is 1. The Labute approximate surface area is 256 Å². The van der Waals surface area contributed by atoms with Gasteiger partial charge in [-0.25, -0.2) is 0 Å². The lowest BCUT2D eigenvalue weighted by molar-refractivity contribution is -0.00209. The third-order valence-electron chi connectivity index (χ3n) is 7.10. The van der Waals surface area contributed by atoms with E-state index in [1.165, 1.54) is 0 Å². The molecule has 0 heterocycles. The predicted octanol–water partition coefficient (Wildman–Crippen LogP) is 7.30. The van der Waals surface area contributed by atoms with E-state index < -0.39 is 15.7 Å². The molecular weight excluding hydrogens is 560 g/mol. The molecule has 228 valence electrons. The Morgan fingerprint density at radius 3 is 1.42 bits per heavy atom. The molecule has 0 N–H and O–H groups in total. The summed E-state index contributed by atoms with van der Waals surface area (Å²) < 4.78 is 47.9. The Hall–Kier alpha value is -3.33. The number of ether oxygens (including phenoxy) is 3. The SMILES string of the molecule is Cc1ccc(S(=O)(=O)OCCCCOCCCOCCCOC(c2ccccc2)(c2ccccc2)c2ccccc2)cc1. The zero-order chi connectivity index (χ0) is 30.2. The summed E-state index contributed by atoms with van der Waals surface area (Å²) in [4.78, 5) is 0.184. The van der Waals surface area contributed by atoms with E-state index in [-0.39, 0.29) is 11.5 Å². The molecule has 0 bridgehead atoms. The summed E-state index contributed by atoms with van der Waals surface area (Å²) in [5, 5.41) is 0. The molecule has 0 unspecified atom stereocenters. The van der Waals surface area contributed by atoms with Gasteiger partial charge in [-0.2, -0.15) is 8.42 Å². The molecule has 0 aliphatic heterocycles. The van der Waals surface area contributed by atoms with Gasteiger partial charge >= 0.3 is 0 Å². The summed E-state index contributed by atoms with van der Waals surface area (Å²) in [5.41, 5.74) is 3.55. The molecule has 0 fully saturated rings. The zero-order valence-electron chi connectivity index (χ0n) is 24.9. The molecule has 7 heteroatoms. The number of unbranched alkanes of at least 4 members (excludes halogenated alkanes) is 1. The van der Waals surface area contributed by atoms with Crippen LogP contribution in [0.15, 0.2) is 120 Å². The van der Waals surface area contributed by atoms with Gasteiger partial charge in [0.1, 0.15) is 5.60 Å². The Kier molecular flexibility index (Phi) is 12.9. The van der Waals surface area contributed by atoms with Gasteiger partial charge in [-0.1, -0.05) is 109 Å². The third-order valence-corrected chi connectivity index (χ3v) is 8.43. The minimum Gasteiger partial charge on any atom is -0.381 e. The van der Waals surface area contributed by atoms with Gasteiger partial charge in [-0.15, -0.1) is 0 Å². The lowest BCUT2D eigenvalue weighted by Crippen LogP contribution is -2.33. The lowest BCUT2D eigenvalue weighted by atomic mass is 9.80. The van der Waals surface area contributed by atoms with Crippen LogP contribution in [0.2, 0.25) is 0 Å². The number of hydrogen-bond acceptors (Lipinski definition) is 6. The summed E-state index contributed by atoms with van der Waals surface area (Å²) >= 11 is 0. The van der Waals surface area contributed by atoms with Crippen molar-refractivity contribution in [2.24, 2.45) is 0 Å². The molecule has 4 aromatic rings. The monoisotopic (exact) mass is 602 g/mol. The second kappa shape index (κ2) is 17.1. The first-order valence-electron chi connectivity index (χ1n) is 14.9. The first kappa shape index (κ1) is 32.6. The number of benzene rings is 4. The van der Waals surface area contributed by atoms with Crippen molar-refractivity contribution >= 4 is 10.1 Å². The van der Waals surface area contributed by atoms with E-state index in [2.05, 4.69) is 72.8 Å². The highest BCUT2D eigenvalue weighted by Crippen LogP contribution is 2.40. The smallest absolute Gasteiger partial charge is 0.296 e. The Morgan fingerprint density at radius 1 is 0.512 bits per heavy atom. The summed E-state index contributed by atoms with van der Waals surface area (Å²) in [6, 6.07) is 37.8. The molecule has 0 aromatic heterocycles. The minimum atomic E-state index is -3.71. The van der Waals surface area contributed by atoms with E-state index in [1.54, 1.807) is 24.3 Å². The van der Waals surface area contributed by atoms with Gasteiger partial charge in [-0.3, -0.25) is 4.18 Å². The van der Waals surface area contributed by atoms with Crippen molar-refractivity contribution in [2.75, 3.05) is 39.6 Å². The van der Waals surface area contributed by atoms with E-state index in [9.17, 15) is 8.42 Å². The first-order chi connectivity index (χ1) is 21.0. The number of hydrogen-bond donors (Lipinski definition) is 0. The molecule has 0 saturated heterocycles. The molecule has 0 amide bonds. The molecule has 6 nitrogen and oxygen atoms in total. The maximum atomic E-state index is 12.2. The van der Waals surface area contributed by atoms with Gasteiger partial charge in [0.2, 0.25) is 0 Å². The fraction of sp³-hybridized carbons (Fsp3) is 0.333. The number of rotatable bonds is 19. The zero-order valence-corrected chi connectivity index (χ0v) is 25.7. The quantitative estimate of drug-likeness (QED) is 0.0637. The van der Waals surface area contributed by atoms with Crippen LogP contribution in [0.4, 0.5) is 0 Å². The summed E-state index contributed by atoms with van der Waals surface area (Å²) in [6.45, 7) is 4.96.